The molecule has 2 aliphatic rings. The summed E-state index contributed by atoms with van der Waals surface area (Å²) >= 11 is 0. The molecule has 0 radical (unpaired) electrons. The number of urea groups is 1. The molecule has 2 fully saturated rings. The molecule has 6 nitrogen and oxygen atoms in total. The van der Waals surface area contributed by atoms with E-state index in [-0.39, 0.29) is 11.9 Å². The third-order valence-corrected chi connectivity index (χ3v) is 3.59. The second-order valence-electron chi connectivity index (χ2n) is 4.85. The van der Waals surface area contributed by atoms with Crippen molar-refractivity contribution < 1.29 is 14.7 Å². The molecule has 0 aliphatic carbocycles. The summed E-state index contributed by atoms with van der Waals surface area (Å²) in [6.07, 6.45) is 0. The van der Waals surface area contributed by atoms with Gasteiger partial charge in [0.05, 0.1) is 5.92 Å². The van der Waals surface area contributed by atoms with Gasteiger partial charge >= 0.3 is 12.0 Å². The standard InChI is InChI=1S/C11H19N3O3/c1-8-6-14(7-9(8)10(15)16)11(17)13-4-2-12-3-5-13/h8-9,12H,2-7H2,1H3,(H,15,16)/t8-,9-/m1/s1. The third-order valence-electron chi connectivity index (χ3n) is 3.59. The average molecular weight is 241 g/mol. The number of aliphatic carboxylic acids is 1. The Labute approximate surface area is 101 Å². The monoisotopic (exact) mass is 241 g/mol. The van der Waals surface area contributed by atoms with Crippen molar-refractivity contribution in [2.45, 2.75) is 6.92 Å². The number of carboxylic acids is 1. The quantitative estimate of drug-likeness (QED) is 0.659. The molecule has 2 rings (SSSR count). The summed E-state index contributed by atoms with van der Waals surface area (Å²) in [5, 5.41) is 12.2. The predicted molar refractivity (Wildman–Crippen MR) is 61.7 cm³/mol. The SMILES string of the molecule is C[C@@H]1CN(C(=O)N2CCNCC2)C[C@H]1C(=O)O. The van der Waals surface area contributed by atoms with Crippen molar-refractivity contribution >= 4 is 12.0 Å². The van der Waals surface area contributed by atoms with Crippen LogP contribution in [0.4, 0.5) is 4.79 Å². The van der Waals surface area contributed by atoms with Crippen LogP contribution in [0.25, 0.3) is 0 Å². The first-order valence-corrected chi connectivity index (χ1v) is 6.07. The maximum atomic E-state index is 12.1. The van der Waals surface area contributed by atoms with Gasteiger partial charge in [-0.1, -0.05) is 6.92 Å². The largest absolute Gasteiger partial charge is 0.481 e. The Hall–Kier alpha value is -1.30. The third kappa shape index (κ3) is 2.52. The highest BCUT2D eigenvalue weighted by Crippen LogP contribution is 2.24. The Morgan fingerprint density at radius 3 is 2.35 bits per heavy atom. The molecular weight excluding hydrogens is 222 g/mol. The van der Waals surface area contributed by atoms with Crippen LogP contribution < -0.4 is 5.32 Å². The lowest BCUT2D eigenvalue weighted by atomic mass is 9.99. The van der Waals surface area contributed by atoms with Crippen molar-refractivity contribution in [3.63, 3.8) is 0 Å². The summed E-state index contributed by atoms with van der Waals surface area (Å²) in [5.41, 5.74) is 0. The minimum absolute atomic E-state index is 0.0119. The van der Waals surface area contributed by atoms with Crippen LogP contribution in [0.15, 0.2) is 0 Å². The van der Waals surface area contributed by atoms with Gasteiger partial charge in [-0.05, 0) is 5.92 Å². The van der Waals surface area contributed by atoms with Crippen molar-refractivity contribution in [3.05, 3.63) is 0 Å². The first-order chi connectivity index (χ1) is 8.09. The maximum Gasteiger partial charge on any atom is 0.320 e. The number of nitrogens with zero attached hydrogens (tertiary/aromatic N) is 2. The van der Waals surface area contributed by atoms with Gasteiger partial charge in [0, 0.05) is 39.3 Å². The fourth-order valence-corrected chi connectivity index (χ4v) is 2.50. The molecular formula is C11H19N3O3. The van der Waals surface area contributed by atoms with Crippen LogP contribution in [0.3, 0.4) is 0 Å². The first kappa shape index (κ1) is 12.2. The van der Waals surface area contributed by atoms with Crippen LogP contribution in [0.1, 0.15) is 6.92 Å². The topological polar surface area (TPSA) is 72.9 Å². The molecule has 0 bridgehead atoms. The molecule has 17 heavy (non-hydrogen) atoms. The molecule has 2 atom stereocenters. The molecule has 0 aromatic heterocycles. The number of rotatable bonds is 1. The van der Waals surface area contributed by atoms with Crippen LogP contribution in [0.5, 0.6) is 0 Å². The Morgan fingerprint density at radius 2 is 1.82 bits per heavy atom. The number of nitrogens with one attached hydrogen (secondary N) is 1. The van der Waals surface area contributed by atoms with E-state index in [1.54, 1.807) is 9.80 Å². The van der Waals surface area contributed by atoms with Gasteiger partial charge in [0.25, 0.3) is 0 Å². The van der Waals surface area contributed by atoms with E-state index in [9.17, 15) is 9.59 Å². The summed E-state index contributed by atoms with van der Waals surface area (Å²) < 4.78 is 0. The Morgan fingerprint density at radius 1 is 1.18 bits per heavy atom. The summed E-state index contributed by atoms with van der Waals surface area (Å²) in [6, 6.07) is -0.0119. The second-order valence-corrected chi connectivity index (χ2v) is 4.85. The van der Waals surface area contributed by atoms with Crippen LogP contribution in [0, 0.1) is 11.8 Å². The lowest BCUT2D eigenvalue weighted by Gasteiger charge is -2.31. The fourth-order valence-electron chi connectivity index (χ4n) is 2.50. The highest BCUT2D eigenvalue weighted by molar-refractivity contribution is 5.77. The molecule has 0 spiro atoms. The van der Waals surface area contributed by atoms with E-state index in [0.717, 1.165) is 13.1 Å². The minimum Gasteiger partial charge on any atom is -0.481 e. The number of likely N-dealkylation sites (tertiary alicyclic amines) is 1. The average Bonchev–Trinajstić information content (AvgIpc) is 2.71. The van der Waals surface area contributed by atoms with Crippen molar-refractivity contribution in [3.8, 4) is 0 Å². The zero-order valence-electron chi connectivity index (χ0n) is 10.1. The minimum atomic E-state index is -0.798. The normalized spacial score (nSPS) is 29.5. The molecule has 2 amide bonds. The number of carboxylic acid groups (broad SMARTS) is 1. The Kier molecular flexibility index (Phi) is 3.51. The molecule has 0 unspecified atom stereocenters. The van der Waals surface area contributed by atoms with Crippen LogP contribution in [-0.2, 0) is 4.79 Å². The van der Waals surface area contributed by atoms with Gasteiger partial charge in [-0.2, -0.15) is 0 Å². The van der Waals surface area contributed by atoms with Gasteiger partial charge in [0.1, 0.15) is 0 Å². The van der Waals surface area contributed by atoms with E-state index < -0.39 is 11.9 Å². The molecule has 2 N–H and O–H groups in total. The Balaban J connectivity index is 1.94. The van der Waals surface area contributed by atoms with Gasteiger partial charge in [0.15, 0.2) is 0 Å². The van der Waals surface area contributed by atoms with Gasteiger partial charge < -0.3 is 20.2 Å². The van der Waals surface area contributed by atoms with Gasteiger partial charge in [-0.15, -0.1) is 0 Å². The number of carbonyl (C=O) groups is 2. The van der Waals surface area contributed by atoms with Gasteiger partial charge in [-0.3, -0.25) is 4.79 Å². The maximum absolute atomic E-state index is 12.1. The van der Waals surface area contributed by atoms with Crippen molar-refractivity contribution in [2.24, 2.45) is 11.8 Å². The lowest BCUT2D eigenvalue weighted by Crippen LogP contribution is -2.51. The number of hydrogen-bond acceptors (Lipinski definition) is 3. The first-order valence-electron chi connectivity index (χ1n) is 6.07. The molecule has 0 saturated carbocycles. The molecule has 2 aliphatic heterocycles. The van der Waals surface area contributed by atoms with E-state index in [4.69, 9.17) is 5.11 Å². The second kappa shape index (κ2) is 4.91. The highest BCUT2D eigenvalue weighted by atomic mass is 16.4. The van der Waals surface area contributed by atoms with Crippen LogP contribution >= 0.6 is 0 Å². The Bertz CT molecular complexity index is 315. The van der Waals surface area contributed by atoms with Crippen LogP contribution in [0.2, 0.25) is 0 Å². The van der Waals surface area contributed by atoms with E-state index in [1.807, 2.05) is 6.92 Å². The zero-order chi connectivity index (χ0) is 12.4. The van der Waals surface area contributed by atoms with Crippen molar-refractivity contribution in [1.29, 1.82) is 0 Å². The van der Waals surface area contributed by atoms with Crippen molar-refractivity contribution in [2.75, 3.05) is 39.3 Å². The molecule has 2 heterocycles. The van der Waals surface area contributed by atoms with E-state index in [0.29, 0.717) is 26.2 Å². The fraction of sp³-hybridized carbons (Fsp3) is 0.818. The summed E-state index contributed by atoms with van der Waals surface area (Å²) in [5.74, 6) is -1.17. The number of hydrogen-bond donors (Lipinski definition) is 2. The van der Waals surface area contributed by atoms with E-state index >= 15 is 0 Å². The zero-order valence-corrected chi connectivity index (χ0v) is 10.1. The highest BCUT2D eigenvalue weighted by Gasteiger charge is 2.38. The molecule has 6 heteroatoms. The number of carbonyl (C=O) groups excluding carboxylic acids is 1. The summed E-state index contributed by atoms with van der Waals surface area (Å²) in [7, 11) is 0. The van der Waals surface area contributed by atoms with E-state index in [1.165, 1.54) is 0 Å². The summed E-state index contributed by atoms with van der Waals surface area (Å²) in [4.78, 5) is 26.6. The molecule has 0 aromatic carbocycles. The van der Waals surface area contributed by atoms with E-state index in [2.05, 4.69) is 5.32 Å². The van der Waals surface area contributed by atoms with Gasteiger partial charge in [-0.25, -0.2) is 4.79 Å². The number of piperazine rings is 1. The molecule has 96 valence electrons. The smallest absolute Gasteiger partial charge is 0.320 e. The van der Waals surface area contributed by atoms with Gasteiger partial charge in [0.2, 0.25) is 0 Å². The van der Waals surface area contributed by atoms with Crippen LogP contribution in [-0.4, -0.2) is 66.2 Å². The summed E-state index contributed by atoms with van der Waals surface area (Å²) in [6.45, 7) is 5.85. The number of amides is 2. The predicted octanol–water partition coefficient (Wildman–Crippen LogP) is -0.336. The van der Waals surface area contributed by atoms with Crippen molar-refractivity contribution in [1.82, 2.24) is 15.1 Å². The molecule has 2 saturated heterocycles. The molecule has 0 aromatic rings. The lowest BCUT2D eigenvalue weighted by molar-refractivity contribution is -0.142.